The van der Waals surface area contributed by atoms with Crippen LogP contribution in [0.15, 0.2) is 193 Å². The van der Waals surface area contributed by atoms with E-state index in [0.29, 0.717) is 20.3 Å². The third kappa shape index (κ3) is 5.13. The third-order valence-corrected chi connectivity index (χ3v) is 17.6. The molecule has 6 aliphatic heterocycles. The van der Waals surface area contributed by atoms with Crippen LogP contribution in [-0.2, 0) is 10.8 Å². The lowest BCUT2D eigenvalue weighted by Gasteiger charge is -2.45. The molecule has 15 rings (SSSR count). The molecule has 6 aliphatic rings. The fourth-order valence-corrected chi connectivity index (χ4v) is 14.5. The predicted molar refractivity (Wildman–Crippen MR) is 314 cm³/mol. The molecule has 0 aliphatic carbocycles. The van der Waals surface area contributed by atoms with Gasteiger partial charge in [0.1, 0.15) is 11.1 Å². The van der Waals surface area contributed by atoms with Crippen LogP contribution < -0.4 is 13.8 Å². The molecule has 0 bridgehead atoms. The Morgan fingerprint density at radius 3 is 2.19 bits per heavy atom. The first-order chi connectivity index (χ1) is 35.9. The van der Waals surface area contributed by atoms with E-state index in [1.54, 1.807) is 0 Å². The summed E-state index contributed by atoms with van der Waals surface area (Å²) in [7, 11) is 0. The smallest absolute Gasteiger partial charge is 0.464 e. The minimum Gasteiger partial charge on any atom is -0.464 e. The van der Waals surface area contributed by atoms with E-state index < -0.39 is 0 Å². The van der Waals surface area contributed by atoms with Crippen LogP contribution >= 0.6 is 12.2 Å². The number of rotatable bonds is 8. The molecular weight excluding hydrogens is 923 g/mol. The number of aromatic nitrogens is 1. The van der Waals surface area contributed by atoms with Crippen molar-refractivity contribution in [1.29, 1.82) is 0 Å². The lowest BCUT2D eigenvalue weighted by molar-refractivity contribution is 0.0873. The monoisotopic (exact) mass is 980 g/mol. The van der Waals surface area contributed by atoms with Crippen molar-refractivity contribution in [2.45, 2.75) is 71.5 Å². The van der Waals surface area contributed by atoms with Crippen LogP contribution in [0.2, 0.25) is 0 Å². The molecule has 74 heavy (non-hydrogen) atoms. The second-order valence-electron chi connectivity index (χ2n) is 23.2. The highest BCUT2D eigenvalue weighted by atomic mass is 32.1. The van der Waals surface area contributed by atoms with Gasteiger partial charge in [-0.25, -0.2) is 0 Å². The van der Waals surface area contributed by atoms with E-state index in [9.17, 15) is 0 Å². The quantitative estimate of drug-likeness (QED) is 0.0498. The number of furan rings is 1. The van der Waals surface area contributed by atoms with Crippen LogP contribution in [0, 0.1) is 0 Å². The number of hydrogen-bond acceptors (Lipinski definition) is 3. The van der Waals surface area contributed by atoms with Crippen molar-refractivity contribution in [2.75, 3.05) is 6.54 Å². The maximum absolute atomic E-state index is 6.30. The van der Waals surface area contributed by atoms with Gasteiger partial charge in [-0.15, -0.1) is 0 Å². The van der Waals surface area contributed by atoms with Gasteiger partial charge >= 0.3 is 6.29 Å². The van der Waals surface area contributed by atoms with E-state index in [1.807, 2.05) is 11.6 Å². The molecule has 4 atom stereocenters. The van der Waals surface area contributed by atoms with Crippen LogP contribution in [0.3, 0.4) is 0 Å². The molecule has 1 saturated heterocycles. The Kier molecular flexibility index (Phi) is 8.76. The minimum atomic E-state index is -0.135. The number of quaternary nitrogens is 3. The lowest BCUT2D eigenvalue weighted by Crippen LogP contribution is -2.63. The Morgan fingerprint density at radius 1 is 0.689 bits per heavy atom. The average Bonchev–Trinajstić information content (AvgIpc) is 3.76. The van der Waals surface area contributed by atoms with Crippen molar-refractivity contribution in [3.8, 4) is 33.4 Å². The van der Waals surface area contributed by atoms with Crippen molar-refractivity contribution in [2.24, 2.45) is 0 Å². The first kappa shape index (κ1) is 43.9. The standard InChI is InChI=1S/C67H58N5OS/c1-8-42(21-11-9-10-18-36-74)47-23-19-24-48(44-37-45(66(2,3)4)40-46(38-44)67(5,6)7)62(47)72-57-28-15-14-27-56(57)71(72)58-29-20-25-51-53-39-43-33-35-73-59(43)41-54(53)52-32-31-50-49-22-12-13-26-55(49)69-60-30-16-17-34-68(60)70(63(51)58,65(71)72)64(52)61(50)69/h8-9,11-17,19-33,35-41,65H,1,10,18,34H2,2-7H3/q+3/b11-9-,42-21+. The molecule has 0 radical (unpaired) electrons. The van der Waals surface area contributed by atoms with E-state index in [1.165, 1.54) is 112 Å². The van der Waals surface area contributed by atoms with E-state index >= 15 is 0 Å². The Hall–Kier alpha value is -7.65. The second-order valence-corrected chi connectivity index (χ2v) is 23.5. The fourth-order valence-electron chi connectivity index (χ4n) is 14.3. The number of hydrogen-bond donors (Lipinski definition) is 0. The fraction of sp³-hybridized carbons (Fsp3) is 0.179. The molecule has 9 aromatic rings. The van der Waals surface area contributed by atoms with Gasteiger partial charge < -0.3 is 4.42 Å². The summed E-state index contributed by atoms with van der Waals surface area (Å²) in [6.07, 6.45) is 19.3. The molecule has 1 fully saturated rings. The summed E-state index contributed by atoms with van der Waals surface area (Å²) in [4.78, 5) is 0. The maximum atomic E-state index is 6.30. The molecule has 8 heterocycles. The second kappa shape index (κ2) is 14.8. The minimum absolute atomic E-state index is 0.0848. The SMILES string of the molecule is C=C/C(=C\C=C/CCC=S)c1cccc(-c2cc(C(C)(C)C)cc(C(C)(C)C)c2)c1[N+]12c3ccccc3[N+]13c1cccc4c1[N+]1(c5c(ccc6c7ccccc7n(c56)C5=CC=CCN51)-c1cc5occc5cc1-4)C32. The summed E-state index contributed by atoms with van der Waals surface area (Å²) in [5.74, 6) is 1.19. The van der Waals surface area contributed by atoms with Gasteiger partial charge in [0.05, 0.1) is 23.9 Å². The highest BCUT2D eigenvalue weighted by Crippen LogP contribution is 2.87. The zero-order chi connectivity index (χ0) is 50.3. The number of fused-ring (bicyclic) bond motifs is 12. The molecule has 0 N–H and O–H groups in total. The Balaban J connectivity index is 1.14. The normalized spacial score (nSPS) is 22.4. The summed E-state index contributed by atoms with van der Waals surface area (Å²) >= 11 is 5.25. The van der Waals surface area contributed by atoms with Gasteiger partial charge in [0, 0.05) is 60.2 Å². The topological polar surface area (TPSA) is 21.3 Å². The summed E-state index contributed by atoms with van der Waals surface area (Å²) in [5, 5.41) is 8.23. The zero-order valence-corrected chi connectivity index (χ0v) is 43.7. The van der Waals surface area contributed by atoms with Gasteiger partial charge in [-0.3, -0.25) is 4.57 Å². The Bertz CT molecular complexity index is 4130. The van der Waals surface area contributed by atoms with Crippen molar-refractivity contribution >= 4 is 95.9 Å². The van der Waals surface area contributed by atoms with Gasteiger partial charge in [-0.2, -0.15) is 5.01 Å². The van der Waals surface area contributed by atoms with Crippen LogP contribution in [-0.4, -0.2) is 27.8 Å². The van der Waals surface area contributed by atoms with E-state index in [2.05, 4.69) is 234 Å². The van der Waals surface area contributed by atoms with Crippen molar-refractivity contribution in [3.63, 3.8) is 0 Å². The average molecular weight is 981 g/mol. The number of benzene rings is 7. The molecule has 2 aromatic heterocycles. The van der Waals surface area contributed by atoms with Crippen molar-refractivity contribution < 1.29 is 4.42 Å². The van der Waals surface area contributed by atoms with E-state index in [0.717, 1.165) is 29.4 Å². The Labute approximate surface area is 438 Å². The maximum Gasteiger partial charge on any atom is 0.484 e. The van der Waals surface area contributed by atoms with Crippen LogP contribution in [0.25, 0.3) is 77.5 Å². The van der Waals surface area contributed by atoms with Crippen molar-refractivity contribution in [3.05, 3.63) is 206 Å². The van der Waals surface area contributed by atoms with Crippen LogP contribution in [0.4, 0.5) is 34.1 Å². The molecule has 0 amide bonds. The highest BCUT2D eigenvalue weighted by molar-refractivity contribution is 7.78. The van der Waals surface area contributed by atoms with Gasteiger partial charge in [-0.1, -0.05) is 164 Å². The number of para-hydroxylation sites is 5. The summed E-state index contributed by atoms with van der Waals surface area (Å²) in [6.45, 7) is 19.4. The van der Waals surface area contributed by atoms with Gasteiger partial charge in [0.25, 0.3) is 17.1 Å². The van der Waals surface area contributed by atoms with Crippen molar-refractivity contribution in [1.82, 2.24) is 23.4 Å². The lowest BCUT2D eigenvalue weighted by atomic mass is 9.78. The first-order valence-electron chi connectivity index (χ1n) is 26.3. The summed E-state index contributed by atoms with van der Waals surface area (Å²) in [6, 6.07) is 51.9. The largest absolute Gasteiger partial charge is 0.484 e. The van der Waals surface area contributed by atoms with Gasteiger partial charge in [-0.05, 0) is 122 Å². The number of allylic oxidation sites excluding steroid dienone is 7. The molecule has 7 aromatic carbocycles. The Morgan fingerprint density at radius 2 is 1.41 bits per heavy atom. The molecule has 2 spiro atoms. The number of unbranched alkanes of at least 4 members (excludes halogenated alkanes) is 1. The zero-order valence-electron chi connectivity index (χ0n) is 42.9. The summed E-state index contributed by atoms with van der Waals surface area (Å²) in [5.41, 5.74) is 23.5. The molecule has 4 unspecified atom stereocenters. The number of nitrogens with zero attached hydrogens (tertiary/aromatic N) is 5. The summed E-state index contributed by atoms with van der Waals surface area (Å²) < 4.78 is 10.6. The first-order valence-corrected chi connectivity index (χ1v) is 26.8. The van der Waals surface area contributed by atoms with E-state index in [4.69, 9.17) is 16.6 Å². The molecule has 0 saturated carbocycles. The molecular formula is C67H58N5OS+3. The van der Waals surface area contributed by atoms with Gasteiger partial charge in [0.2, 0.25) is 17.1 Å². The number of thiocarbonyl (C=S) groups is 1. The van der Waals surface area contributed by atoms with E-state index in [-0.39, 0.29) is 17.1 Å². The third-order valence-electron chi connectivity index (χ3n) is 17.4. The molecule has 360 valence electrons. The van der Waals surface area contributed by atoms with Crippen LogP contribution in [0.5, 0.6) is 0 Å². The highest BCUT2D eigenvalue weighted by Gasteiger charge is 3.10. The van der Waals surface area contributed by atoms with Gasteiger partial charge in [0.15, 0.2) is 5.82 Å². The van der Waals surface area contributed by atoms with Crippen LogP contribution in [0.1, 0.15) is 71.1 Å². The molecule has 6 nitrogen and oxygen atoms in total. The predicted octanol–water partition coefficient (Wildman–Crippen LogP) is 18.1. The molecule has 7 heteroatoms.